The molecule has 65 heavy (non-hydrogen) atoms. The first-order valence-corrected chi connectivity index (χ1v) is 22.2. The molecule has 0 aromatic carbocycles. The second kappa shape index (κ2) is 27.2. The van der Waals surface area contributed by atoms with Gasteiger partial charge < -0.3 is 75.7 Å². The summed E-state index contributed by atoms with van der Waals surface area (Å²) < 4.78 is 23.1. The van der Waals surface area contributed by atoms with E-state index >= 15 is 0 Å². The lowest BCUT2D eigenvalue weighted by Gasteiger charge is -2.45. The van der Waals surface area contributed by atoms with E-state index in [0.29, 0.717) is 0 Å². The van der Waals surface area contributed by atoms with Gasteiger partial charge in [-0.25, -0.2) is 0 Å². The van der Waals surface area contributed by atoms with Crippen molar-refractivity contribution < 1.29 is 84.4 Å². The van der Waals surface area contributed by atoms with E-state index in [1.165, 1.54) is 13.0 Å². The van der Waals surface area contributed by atoms with Gasteiger partial charge in [-0.3, -0.25) is 14.4 Å². The van der Waals surface area contributed by atoms with Gasteiger partial charge >= 0.3 is 11.9 Å². The number of allylic oxidation sites excluding steroid dienone is 12. The van der Waals surface area contributed by atoms with Crippen LogP contribution >= 0.6 is 0 Å². The third kappa shape index (κ3) is 18.5. The van der Waals surface area contributed by atoms with Crippen molar-refractivity contribution in [2.75, 3.05) is 0 Å². The predicted octanol–water partition coefficient (Wildman–Crippen LogP) is 0.920. The highest BCUT2D eigenvalue weighted by atomic mass is 16.7. The summed E-state index contributed by atoms with van der Waals surface area (Å²) in [6.07, 6.45) is 3.67. The number of ketones is 1. The monoisotopic (exact) mass is 921 g/mol. The number of hydrogen-bond acceptors (Lipinski definition) is 17. The largest absolute Gasteiger partial charge is 0.481 e. The van der Waals surface area contributed by atoms with Crippen molar-refractivity contribution in [3.63, 3.8) is 0 Å². The zero-order chi connectivity index (χ0) is 48.4. The summed E-state index contributed by atoms with van der Waals surface area (Å²) in [7, 11) is 0. The minimum Gasteiger partial charge on any atom is -0.481 e. The summed E-state index contributed by atoms with van der Waals surface area (Å²) in [4.78, 5) is 37.8. The molecule has 0 aliphatic carbocycles. The van der Waals surface area contributed by atoms with Crippen molar-refractivity contribution in [2.45, 2.75) is 170 Å². The lowest BCUT2D eigenvalue weighted by atomic mass is 9.82. The maximum atomic E-state index is 12.7. The molecule has 3 rings (SSSR count). The second-order valence-electron chi connectivity index (χ2n) is 17.4. The fraction of sp³-hybridized carbons (Fsp3) is 0.638. The number of carbonyl (C=O) groups is 3. The fourth-order valence-electron chi connectivity index (χ4n) is 7.82. The number of aliphatic carboxylic acids is 1. The molecule has 2 bridgehead atoms. The first kappa shape index (κ1) is 55.6. The van der Waals surface area contributed by atoms with Gasteiger partial charge in [0.05, 0.1) is 73.5 Å². The van der Waals surface area contributed by atoms with E-state index in [1.807, 2.05) is 13.0 Å². The summed E-state index contributed by atoms with van der Waals surface area (Å²) in [6.45, 7) is 6.70. The van der Waals surface area contributed by atoms with Gasteiger partial charge in [-0.05, 0) is 20.3 Å². The standard InChI is InChI=1S/C47H71NO17/c1-27-17-15-13-11-9-7-5-6-8-10-12-14-16-18-34(64-46-44(58)41(48)43(57)30(4)63-46)24-38-40(45(59)60)37(54)26-47(61,65-38)25-36(53)35(52)20-19-31(49)21-32(50)22-33(51)23-39(55)62-29(3)28(2)42(27)56/h5-18,27-30,32-38,40-44,46,50-54,56-58,61H,19-26,48H2,1-4H3,(H,59,60)/b6-5+,9-7+,10-8+,13-11+,14-12+,17-15+,18-16+/t27-,28-,29-,30+,32+,33+,34?,35+,36+,37-,38?,40+,41-,42+,43+,44-,46-,47+/m0/s1. The van der Waals surface area contributed by atoms with Gasteiger partial charge in [0.1, 0.15) is 23.9 Å². The van der Waals surface area contributed by atoms with Gasteiger partial charge in [0.25, 0.3) is 0 Å². The molecule has 12 N–H and O–H groups in total. The number of carbonyl (C=O) groups excluding carboxylic acids is 2. The van der Waals surface area contributed by atoms with Crippen molar-refractivity contribution in [3.05, 3.63) is 85.1 Å². The number of aliphatic hydroxyl groups is 9. The van der Waals surface area contributed by atoms with Crippen molar-refractivity contribution in [3.8, 4) is 0 Å². The van der Waals surface area contributed by atoms with E-state index in [4.69, 9.17) is 24.7 Å². The number of hydrogen-bond donors (Lipinski definition) is 11. The van der Waals surface area contributed by atoms with Gasteiger partial charge in [-0.1, -0.05) is 98.9 Å². The van der Waals surface area contributed by atoms with Gasteiger partial charge in [0.2, 0.25) is 0 Å². The van der Waals surface area contributed by atoms with Gasteiger partial charge in [-0.2, -0.15) is 0 Å². The molecular formula is C47H71NO17. The summed E-state index contributed by atoms with van der Waals surface area (Å²) in [5, 5.41) is 107. The maximum Gasteiger partial charge on any atom is 0.311 e. The number of carboxylic acid groups (broad SMARTS) is 1. The molecule has 0 saturated carbocycles. The third-order valence-corrected chi connectivity index (χ3v) is 11.9. The number of cyclic esters (lactones) is 1. The number of rotatable bonds is 3. The molecule has 2 saturated heterocycles. The molecule has 0 aromatic rings. The molecule has 366 valence electrons. The Morgan fingerprint density at radius 2 is 1.23 bits per heavy atom. The molecule has 0 spiro atoms. The molecule has 2 fully saturated rings. The van der Waals surface area contributed by atoms with Crippen LogP contribution in [0.4, 0.5) is 0 Å². The van der Waals surface area contributed by atoms with Crippen LogP contribution in [0.1, 0.15) is 79.1 Å². The van der Waals surface area contributed by atoms with Crippen molar-refractivity contribution >= 4 is 17.7 Å². The number of Topliss-reactive ketones (excluding diaryl/α,β-unsaturated/α-hetero) is 1. The first-order valence-electron chi connectivity index (χ1n) is 22.2. The minimum absolute atomic E-state index is 0.291. The van der Waals surface area contributed by atoms with Gasteiger partial charge in [0, 0.05) is 50.4 Å². The van der Waals surface area contributed by atoms with Crippen molar-refractivity contribution in [1.82, 2.24) is 0 Å². The van der Waals surface area contributed by atoms with E-state index in [1.54, 1.807) is 86.8 Å². The van der Waals surface area contributed by atoms with Gasteiger partial charge in [-0.15, -0.1) is 0 Å². The molecule has 0 amide bonds. The normalized spacial score (nSPS) is 44.4. The summed E-state index contributed by atoms with van der Waals surface area (Å²) in [5.41, 5.74) is 6.01. The number of aliphatic hydroxyl groups excluding tert-OH is 8. The van der Waals surface area contributed by atoms with Crippen LogP contribution in [0.5, 0.6) is 0 Å². The molecule has 18 heteroatoms. The van der Waals surface area contributed by atoms with E-state index in [9.17, 15) is 65.4 Å². The average Bonchev–Trinajstić information content (AvgIpc) is 3.21. The molecule has 3 aliphatic heterocycles. The number of esters is 1. The van der Waals surface area contributed by atoms with Crippen LogP contribution in [0.15, 0.2) is 85.1 Å². The Balaban J connectivity index is 1.86. The lowest BCUT2D eigenvalue weighted by molar-refractivity contribution is -0.310. The SMILES string of the molecule is C[C@@H]1[C@H](O)[C@@H](C)/C=C/C=C/C=C/C=C/C=C/C=C/C=C/C(O[C@@H]2O[C@H](C)[C@@H](O)[C@H](N)[C@@H]2O)CC2O[C@](O)(C[C@@H](O)[C@H](O)CCC(=O)C[C@@H](O)C[C@@H](O)CC(=O)O[C@H]1C)C[C@H](O)[C@H]2C(=O)O. The van der Waals surface area contributed by atoms with Crippen LogP contribution in [-0.2, 0) is 33.3 Å². The molecule has 18 atom stereocenters. The zero-order valence-electron chi connectivity index (χ0n) is 37.5. The molecule has 2 unspecified atom stereocenters. The second-order valence-corrected chi connectivity index (χ2v) is 17.4. The van der Waals surface area contributed by atoms with Crippen molar-refractivity contribution in [1.29, 1.82) is 0 Å². The Hall–Kier alpha value is -3.73. The van der Waals surface area contributed by atoms with Crippen LogP contribution in [0.2, 0.25) is 0 Å². The van der Waals surface area contributed by atoms with Crippen LogP contribution in [0.3, 0.4) is 0 Å². The minimum atomic E-state index is -2.38. The highest BCUT2D eigenvalue weighted by Crippen LogP contribution is 2.38. The Bertz CT molecular complexity index is 1710. The predicted molar refractivity (Wildman–Crippen MR) is 236 cm³/mol. The summed E-state index contributed by atoms with van der Waals surface area (Å²) >= 11 is 0. The van der Waals surface area contributed by atoms with E-state index in [2.05, 4.69) is 0 Å². The Labute approximate surface area is 380 Å². The van der Waals surface area contributed by atoms with Crippen LogP contribution in [-0.4, -0.2) is 160 Å². The number of carboxylic acids is 1. The zero-order valence-corrected chi connectivity index (χ0v) is 37.5. The van der Waals surface area contributed by atoms with Gasteiger partial charge in [0.15, 0.2) is 12.1 Å². The van der Waals surface area contributed by atoms with E-state index < -0.39 is 147 Å². The Morgan fingerprint density at radius 3 is 1.82 bits per heavy atom. The lowest BCUT2D eigenvalue weighted by Crippen LogP contribution is -2.61. The molecule has 18 nitrogen and oxygen atoms in total. The van der Waals surface area contributed by atoms with E-state index in [0.717, 1.165) is 0 Å². The molecule has 3 heterocycles. The third-order valence-electron chi connectivity index (χ3n) is 11.9. The Morgan fingerprint density at radius 1 is 0.692 bits per heavy atom. The molecule has 0 radical (unpaired) electrons. The van der Waals surface area contributed by atoms with E-state index in [-0.39, 0.29) is 31.6 Å². The van der Waals surface area contributed by atoms with Crippen LogP contribution in [0.25, 0.3) is 0 Å². The average molecular weight is 922 g/mol. The first-order chi connectivity index (χ1) is 30.6. The highest BCUT2D eigenvalue weighted by molar-refractivity contribution is 5.78. The van der Waals surface area contributed by atoms with Crippen molar-refractivity contribution in [2.24, 2.45) is 23.5 Å². The fourth-order valence-corrected chi connectivity index (χ4v) is 7.82. The Kier molecular flexibility index (Phi) is 23.2. The molecule has 3 aliphatic rings. The van der Waals surface area contributed by atoms with Crippen LogP contribution < -0.4 is 5.73 Å². The summed E-state index contributed by atoms with van der Waals surface area (Å²) in [6, 6.07) is -1.15. The topological polar surface area (TPSA) is 316 Å². The maximum absolute atomic E-state index is 12.7. The number of fused-ring (bicyclic) bond motifs is 2. The molecular weight excluding hydrogens is 851 g/mol. The quantitative estimate of drug-likeness (QED) is 0.175. The number of nitrogens with two attached hydrogens (primary N) is 1. The highest BCUT2D eigenvalue weighted by Gasteiger charge is 2.51. The smallest absolute Gasteiger partial charge is 0.311 e. The number of ether oxygens (including phenoxy) is 4. The molecule has 0 aromatic heterocycles. The summed E-state index contributed by atoms with van der Waals surface area (Å²) in [5.74, 6) is -7.51. The van der Waals surface area contributed by atoms with Crippen LogP contribution in [0, 0.1) is 17.8 Å².